The first-order valence-electron chi connectivity index (χ1n) is 9.19. The van der Waals surface area contributed by atoms with Gasteiger partial charge in [0.05, 0.1) is 11.4 Å². The maximum atomic E-state index is 13.5. The molecule has 146 valence electrons. The Kier molecular flexibility index (Phi) is 5.04. The number of piperidine rings is 1. The molecule has 1 aromatic carbocycles. The summed E-state index contributed by atoms with van der Waals surface area (Å²) in [7, 11) is 0. The van der Waals surface area contributed by atoms with Crippen LogP contribution in [0, 0.1) is 18.6 Å². The smallest absolute Gasteiger partial charge is 0.264 e. The molecule has 0 radical (unpaired) electrons. The average molecular weight is 386 g/mol. The molecule has 28 heavy (non-hydrogen) atoms. The van der Waals surface area contributed by atoms with Crippen molar-refractivity contribution in [2.24, 2.45) is 0 Å². The van der Waals surface area contributed by atoms with Gasteiger partial charge in [0.15, 0.2) is 17.4 Å². The van der Waals surface area contributed by atoms with Crippen LogP contribution in [0.2, 0.25) is 0 Å². The molecule has 0 bridgehead atoms. The molecule has 2 aromatic heterocycles. The van der Waals surface area contributed by atoms with Gasteiger partial charge in [-0.3, -0.25) is 9.69 Å². The molecule has 4 rings (SSSR count). The molecular weight excluding hydrogens is 366 g/mol. The van der Waals surface area contributed by atoms with Crippen LogP contribution < -0.4 is 5.56 Å². The Morgan fingerprint density at radius 1 is 1.25 bits per heavy atom. The molecule has 0 aliphatic carbocycles. The second-order valence-electron chi connectivity index (χ2n) is 7.19. The highest BCUT2D eigenvalue weighted by molar-refractivity contribution is 5.60. The van der Waals surface area contributed by atoms with Gasteiger partial charge in [-0.25, -0.2) is 13.9 Å². The van der Waals surface area contributed by atoms with Gasteiger partial charge in [0, 0.05) is 36.7 Å². The van der Waals surface area contributed by atoms with Gasteiger partial charge in [-0.05, 0) is 44.0 Å². The van der Waals surface area contributed by atoms with Gasteiger partial charge in [0.25, 0.3) is 5.56 Å². The third-order valence-electron chi connectivity index (χ3n) is 5.01. The maximum absolute atomic E-state index is 13.5. The van der Waals surface area contributed by atoms with E-state index >= 15 is 0 Å². The number of aryl methyl sites for hydroxylation is 1. The lowest BCUT2D eigenvalue weighted by Crippen LogP contribution is -2.34. The molecule has 0 saturated carbocycles. The Bertz CT molecular complexity index is 1050. The summed E-state index contributed by atoms with van der Waals surface area (Å²) in [6.45, 7) is 3.89. The number of rotatable bonds is 4. The molecule has 1 unspecified atom stereocenters. The third-order valence-corrected chi connectivity index (χ3v) is 5.01. The minimum absolute atomic E-state index is 0.0799. The lowest BCUT2D eigenvalue weighted by molar-refractivity contribution is 0.198. The Morgan fingerprint density at radius 3 is 2.86 bits per heavy atom. The van der Waals surface area contributed by atoms with E-state index in [1.54, 1.807) is 12.1 Å². The molecule has 0 spiro atoms. The first-order chi connectivity index (χ1) is 13.5. The SMILES string of the molecule is Cc1cc(-c2cc(=O)[nH]nc2C2CCCN(Cc3ccc(F)c(F)c3)C2)on1. The molecular formula is C20H20F2N4O2. The number of H-pyrrole nitrogens is 1. The third kappa shape index (κ3) is 3.87. The minimum Gasteiger partial charge on any atom is -0.356 e. The van der Waals surface area contributed by atoms with E-state index in [-0.39, 0.29) is 11.5 Å². The molecule has 1 N–H and O–H groups in total. The van der Waals surface area contributed by atoms with Gasteiger partial charge in [-0.15, -0.1) is 0 Å². The molecule has 1 fully saturated rings. The van der Waals surface area contributed by atoms with Crippen LogP contribution in [0.25, 0.3) is 11.3 Å². The van der Waals surface area contributed by atoms with Gasteiger partial charge < -0.3 is 4.52 Å². The zero-order chi connectivity index (χ0) is 19.7. The number of halogens is 2. The van der Waals surface area contributed by atoms with Gasteiger partial charge in [-0.2, -0.15) is 5.10 Å². The Morgan fingerprint density at radius 2 is 2.11 bits per heavy atom. The second kappa shape index (κ2) is 7.63. The number of aromatic amines is 1. The Balaban J connectivity index is 1.58. The predicted molar refractivity (Wildman–Crippen MR) is 98.7 cm³/mol. The number of aromatic nitrogens is 3. The van der Waals surface area contributed by atoms with E-state index in [4.69, 9.17) is 4.52 Å². The number of benzene rings is 1. The van der Waals surface area contributed by atoms with Crippen LogP contribution in [0.3, 0.4) is 0 Å². The van der Waals surface area contributed by atoms with E-state index in [2.05, 4.69) is 20.3 Å². The van der Waals surface area contributed by atoms with Crippen molar-refractivity contribution in [3.05, 3.63) is 69.3 Å². The van der Waals surface area contributed by atoms with Crippen LogP contribution in [0.5, 0.6) is 0 Å². The first-order valence-corrected chi connectivity index (χ1v) is 9.19. The van der Waals surface area contributed by atoms with Crippen LogP contribution in [0.15, 0.2) is 39.6 Å². The van der Waals surface area contributed by atoms with Crippen molar-refractivity contribution in [2.45, 2.75) is 32.2 Å². The number of nitrogens with one attached hydrogen (secondary N) is 1. The summed E-state index contributed by atoms with van der Waals surface area (Å²) >= 11 is 0. The summed E-state index contributed by atoms with van der Waals surface area (Å²) in [5.41, 5.74) is 2.54. The summed E-state index contributed by atoms with van der Waals surface area (Å²) in [6.07, 6.45) is 1.84. The van der Waals surface area contributed by atoms with E-state index in [0.29, 0.717) is 24.4 Å². The summed E-state index contributed by atoms with van der Waals surface area (Å²) < 4.78 is 32.0. The van der Waals surface area contributed by atoms with Gasteiger partial charge in [0.2, 0.25) is 0 Å². The number of hydrogen-bond acceptors (Lipinski definition) is 5. The highest BCUT2D eigenvalue weighted by atomic mass is 19.2. The molecule has 6 nitrogen and oxygen atoms in total. The summed E-state index contributed by atoms with van der Waals surface area (Å²) in [5, 5.41) is 10.7. The zero-order valence-corrected chi connectivity index (χ0v) is 15.4. The van der Waals surface area contributed by atoms with Crippen LogP contribution in [0.1, 0.15) is 35.7 Å². The normalized spacial score (nSPS) is 17.8. The molecule has 1 aliphatic rings. The van der Waals surface area contributed by atoms with Crippen LogP contribution in [-0.2, 0) is 6.54 Å². The molecule has 8 heteroatoms. The van der Waals surface area contributed by atoms with Crippen LogP contribution in [0.4, 0.5) is 8.78 Å². The van der Waals surface area contributed by atoms with Crippen LogP contribution in [-0.4, -0.2) is 33.3 Å². The van der Waals surface area contributed by atoms with E-state index in [1.807, 2.05) is 6.92 Å². The predicted octanol–water partition coefficient (Wildman–Crippen LogP) is 3.39. The van der Waals surface area contributed by atoms with Crippen molar-refractivity contribution in [2.75, 3.05) is 13.1 Å². The lowest BCUT2D eigenvalue weighted by atomic mass is 9.91. The summed E-state index contributed by atoms with van der Waals surface area (Å²) in [5.74, 6) is -1.08. The molecule has 1 atom stereocenters. The Labute approximate surface area is 160 Å². The van der Waals surface area contributed by atoms with Crippen LogP contribution >= 0.6 is 0 Å². The number of hydrogen-bond donors (Lipinski definition) is 1. The van der Waals surface area contributed by atoms with Gasteiger partial charge in [0.1, 0.15) is 0 Å². The lowest BCUT2D eigenvalue weighted by Gasteiger charge is -2.32. The minimum atomic E-state index is -0.843. The molecule has 0 amide bonds. The van der Waals surface area contributed by atoms with E-state index in [0.717, 1.165) is 42.4 Å². The monoisotopic (exact) mass is 386 g/mol. The van der Waals surface area contributed by atoms with E-state index < -0.39 is 11.6 Å². The number of likely N-dealkylation sites (tertiary alicyclic amines) is 1. The second-order valence-corrected chi connectivity index (χ2v) is 7.19. The quantitative estimate of drug-likeness (QED) is 0.744. The first kappa shape index (κ1) is 18.5. The highest BCUT2D eigenvalue weighted by Gasteiger charge is 2.26. The largest absolute Gasteiger partial charge is 0.356 e. The van der Waals surface area contributed by atoms with Crippen molar-refractivity contribution in [3.63, 3.8) is 0 Å². The topological polar surface area (TPSA) is 75.0 Å². The van der Waals surface area contributed by atoms with Crippen molar-refractivity contribution >= 4 is 0 Å². The van der Waals surface area contributed by atoms with Gasteiger partial charge >= 0.3 is 0 Å². The maximum Gasteiger partial charge on any atom is 0.264 e. The fourth-order valence-corrected chi connectivity index (χ4v) is 3.73. The molecule has 1 saturated heterocycles. The molecule has 1 aliphatic heterocycles. The zero-order valence-electron chi connectivity index (χ0n) is 15.4. The van der Waals surface area contributed by atoms with Crippen molar-refractivity contribution in [1.82, 2.24) is 20.3 Å². The fourth-order valence-electron chi connectivity index (χ4n) is 3.73. The van der Waals surface area contributed by atoms with E-state index in [9.17, 15) is 13.6 Å². The van der Waals surface area contributed by atoms with Crippen molar-refractivity contribution in [3.8, 4) is 11.3 Å². The van der Waals surface area contributed by atoms with E-state index in [1.165, 1.54) is 12.1 Å². The van der Waals surface area contributed by atoms with Crippen molar-refractivity contribution in [1.29, 1.82) is 0 Å². The Hall–Kier alpha value is -2.87. The summed E-state index contributed by atoms with van der Waals surface area (Å²) in [6, 6.07) is 7.25. The molecule has 3 heterocycles. The number of nitrogens with zero attached hydrogens (tertiary/aromatic N) is 3. The fraction of sp³-hybridized carbons (Fsp3) is 0.350. The van der Waals surface area contributed by atoms with Gasteiger partial charge in [-0.1, -0.05) is 11.2 Å². The molecule has 3 aromatic rings. The standard InChI is InChI=1S/C20H20F2N4O2/c1-12-7-18(28-25-12)15-9-19(27)23-24-20(15)14-3-2-6-26(11-14)10-13-4-5-16(21)17(22)8-13/h4-5,7-9,14H,2-3,6,10-11H2,1H3,(H,23,27). The average Bonchev–Trinajstić information content (AvgIpc) is 3.11. The highest BCUT2D eigenvalue weighted by Crippen LogP contribution is 2.32. The summed E-state index contributed by atoms with van der Waals surface area (Å²) in [4.78, 5) is 14.0. The van der Waals surface area contributed by atoms with Crippen molar-refractivity contribution < 1.29 is 13.3 Å².